The monoisotopic (exact) mass is 1210 g/mol. The van der Waals surface area contributed by atoms with E-state index in [1.54, 1.807) is 37.7 Å². The number of ketones is 1. The molecule has 0 bridgehead atoms. The summed E-state index contributed by atoms with van der Waals surface area (Å²) >= 11 is 0. The van der Waals surface area contributed by atoms with Crippen LogP contribution < -0.4 is 42.5 Å². The lowest BCUT2D eigenvalue weighted by molar-refractivity contribution is -0.141. The van der Waals surface area contributed by atoms with Crippen molar-refractivity contribution in [3.05, 3.63) is 155 Å². The van der Waals surface area contributed by atoms with Gasteiger partial charge in [-0.2, -0.15) is 0 Å². The van der Waals surface area contributed by atoms with Gasteiger partial charge in [0, 0.05) is 38.0 Å². The van der Waals surface area contributed by atoms with Crippen molar-refractivity contribution in [2.75, 3.05) is 40.3 Å². The fraction of sp³-hybridized carbons (Fsp3) is 0.521. The van der Waals surface area contributed by atoms with Crippen LogP contribution in [0.5, 0.6) is 0 Å². The summed E-state index contributed by atoms with van der Waals surface area (Å²) in [5.74, 6) is -3.50. The Morgan fingerprint density at radius 3 is 1.56 bits per heavy atom. The number of carbonyl (C=O) groups is 8. The molecule has 2 aliphatic heterocycles. The van der Waals surface area contributed by atoms with Crippen LogP contribution in [0.2, 0.25) is 0 Å². The topological polar surface area (TPSA) is 239 Å². The average molecular weight is 1220 g/mol. The number of benzene rings is 4. The summed E-state index contributed by atoms with van der Waals surface area (Å²) < 4.78 is 0. The molecule has 4 aromatic carbocycles. The zero-order valence-corrected chi connectivity index (χ0v) is 52.5. The number of likely N-dealkylation sites (N-methyl/N-ethyl adjacent to an activating group) is 2. The molecule has 3 saturated carbocycles. The first-order valence-electron chi connectivity index (χ1n) is 32.9. The Bertz CT molecular complexity index is 3000. The van der Waals surface area contributed by atoms with Crippen molar-refractivity contribution < 1.29 is 38.4 Å². The first-order valence-corrected chi connectivity index (χ1v) is 32.9. The lowest BCUT2D eigenvalue weighted by Crippen LogP contribution is -2.58. The van der Waals surface area contributed by atoms with Crippen molar-refractivity contribution in [2.24, 2.45) is 5.92 Å². The van der Waals surface area contributed by atoms with Crippen LogP contribution in [0.4, 0.5) is 0 Å². The lowest BCUT2D eigenvalue weighted by atomic mass is 9.83. The molecular formula is C71H94N10O8. The van der Waals surface area contributed by atoms with Gasteiger partial charge in [-0.25, -0.2) is 0 Å². The summed E-state index contributed by atoms with van der Waals surface area (Å²) in [6, 6.07) is 33.4. The van der Waals surface area contributed by atoms with Gasteiger partial charge in [0.2, 0.25) is 35.4 Å². The molecule has 5 fully saturated rings. The van der Waals surface area contributed by atoms with Gasteiger partial charge in [-0.15, -0.1) is 0 Å². The molecule has 476 valence electrons. The Balaban J connectivity index is 0.860. The molecule has 8 N–H and O–H groups in total. The van der Waals surface area contributed by atoms with E-state index in [9.17, 15) is 38.4 Å². The minimum absolute atomic E-state index is 0.0434. The predicted molar refractivity (Wildman–Crippen MR) is 344 cm³/mol. The van der Waals surface area contributed by atoms with Gasteiger partial charge < -0.3 is 47.0 Å². The maximum atomic E-state index is 14.9. The Morgan fingerprint density at radius 1 is 0.539 bits per heavy atom. The van der Waals surface area contributed by atoms with E-state index in [1.807, 2.05) is 121 Å². The first kappa shape index (κ1) is 65.9. The minimum atomic E-state index is -1.13. The highest BCUT2D eigenvalue weighted by Crippen LogP contribution is 2.48. The maximum absolute atomic E-state index is 14.9. The summed E-state index contributed by atoms with van der Waals surface area (Å²) in [6.07, 6.45) is 13.7. The van der Waals surface area contributed by atoms with Crippen LogP contribution in [-0.4, -0.2) is 145 Å². The zero-order valence-electron chi connectivity index (χ0n) is 52.5. The number of Topliss-reactive ketones (excluding diaryl/α,β-unsaturated/α-hetero) is 1. The third-order valence-electron chi connectivity index (χ3n) is 19.4. The van der Waals surface area contributed by atoms with Crippen LogP contribution in [0.25, 0.3) is 0 Å². The molecule has 8 atom stereocenters. The fourth-order valence-electron chi connectivity index (χ4n) is 14.1. The highest BCUT2D eigenvalue weighted by atomic mass is 16.2. The number of rotatable bonds is 28. The van der Waals surface area contributed by atoms with Gasteiger partial charge in [0.1, 0.15) is 35.4 Å². The molecule has 0 aromatic heterocycles. The van der Waals surface area contributed by atoms with Crippen LogP contribution >= 0.6 is 0 Å². The SMILES string of the molecule is CN[C@@H](C)C(=O)NC(C(=O)N1CCC[C@H]1C(=O)N[C@H](C(=O)NCCCCCCNC(=O)[C@@H](N[C@@H]1C(=O)[C@@]12CCCN2C(=O)[C@@H](NC(=O)[C@H](C)NC)C1CCCCC1)C(c1ccccc1)c1ccccc1)C(c1ccccc1)c1ccccc1)=C1CCCCC1. The quantitative estimate of drug-likeness (QED) is 0.0217. The highest BCUT2D eigenvalue weighted by Gasteiger charge is 2.72. The number of unbranched alkanes of at least 4 members (excludes halogenated alkanes) is 3. The molecular weight excluding hydrogens is 1120 g/mol. The molecule has 0 radical (unpaired) electrons. The van der Waals surface area contributed by atoms with Gasteiger partial charge in [-0.3, -0.25) is 43.7 Å². The molecule has 7 amide bonds. The summed E-state index contributed by atoms with van der Waals surface area (Å²) in [5.41, 5.74) is 3.47. The maximum Gasteiger partial charge on any atom is 0.270 e. The zero-order chi connectivity index (χ0) is 62.9. The van der Waals surface area contributed by atoms with Crippen LogP contribution in [0.15, 0.2) is 133 Å². The number of hydrogen-bond acceptors (Lipinski definition) is 11. The van der Waals surface area contributed by atoms with Crippen molar-refractivity contribution in [2.45, 2.75) is 189 Å². The van der Waals surface area contributed by atoms with E-state index in [4.69, 9.17) is 0 Å². The highest BCUT2D eigenvalue weighted by molar-refractivity contribution is 6.15. The summed E-state index contributed by atoms with van der Waals surface area (Å²) in [5, 5.41) is 25.1. The molecule has 1 spiro atoms. The second-order valence-corrected chi connectivity index (χ2v) is 25.1. The van der Waals surface area contributed by atoms with Gasteiger partial charge in [0.05, 0.1) is 18.1 Å². The van der Waals surface area contributed by atoms with Crippen molar-refractivity contribution in [3.8, 4) is 0 Å². The smallest absolute Gasteiger partial charge is 0.270 e. The van der Waals surface area contributed by atoms with E-state index in [1.165, 1.54) is 0 Å². The normalized spacial score (nSPS) is 21.0. The number of carbonyl (C=O) groups excluding carboxylic acids is 8. The van der Waals surface area contributed by atoms with Gasteiger partial charge in [-0.05, 0) is 139 Å². The molecule has 18 heteroatoms. The van der Waals surface area contributed by atoms with E-state index in [0.717, 1.165) is 92.0 Å². The Labute approximate surface area is 525 Å². The molecule has 3 aliphatic carbocycles. The molecule has 2 heterocycles. The van der Waals surface area contributed by atoms with Gasteiger partial charge in [-0.1, -0.05) is 160 Å². The van der Waals surface area contributed by atoms with E-state index >= 15 is 0 Å². The summed E-state index contributed by atoms with van der Waals surface area (Å²) in [6.45, 7) is 4.89. The third kappa shape index (κ3) is 15.9. The molecule has 2 saturated heterocycles. The summed E-state index contributed by atoms with van der Waals surface area (Å²) in [4.78, 5) is 118. The van der Waals surface area contributed by atoms with Crippen molar-refractivity contribution in [3.63, 3.8) is 0 Å². The average Bonchev–Trinajstić information content (AvgIpc) is 1.53. The largest absolute Gasteiger partial charge is 0.355 e. The van der Waals surface area contributed by atoms with Crippen molar-refractivity contribution >= 4 is 47.1 Å². The second kappa shape index (κ2) is 31.8. The van der Waals surface area contributed by atoms with E-state index in [0.29, 0.717) is 77.5 Å². The molecule has 4 aromatic rings. The summed E-state index contributed by atoms with van der Waals surface area (Å²) in [7, 11) is 3.40. The number of allylic oxidation sites excluding steroid dienone is 1. The second-order valence-electron chi connectivity index (χ2n) is 25.1. The van der Waals surface area contributed by atoms with Gasteiger partial charge in [0.15, 0.2) is 5.78 Å². The Kier molecular flexibility index (Phi) is 23.5. The Hall–Kier alpha value is -7.54. The molecule has 5 aliphatic rings. The van der Waals surface area contributed by atoms with Gasteiger partial charge in [0.25, 0.3) is 5.91 Å². The van der Waals surface area contributed by atoms with Crippen LogP contribution in [-0.2, 0) is 38.4 Å². The van der Waals surface area contributed by atoms with E-state index in [-0.39, 0.29) is 52.8 Å². The van der Waals surface area contributed by atoms with Gasteiger partial charge >= 0.3 is 0 Å². The van der Waals surface area contributed by atoms with Crippen LogP contribution in [0.1, 0.15) is 164 Å². The van der Waals surface area contributed by atoms with E-state index in [2.05, 4.69) is 42.5 Å². The molecule has 9 rings (SSSR count). The number of hydrogen-bond donors (Lipinski definition) is 8. The molecule has 89 heavy (non-hydrogen) atoms. The molecule has 0 unspecified atom stereocenters. The predicted octanol–water partition coefficient (Wildman–Crippen LogP) is 6.81. The van der Waals surface area contributed by atoms with Crippen LogP contribution in [0.3, 0.4) is 0 Å². The van der Waals surface area contributed by atoms with E-state index < -0.39 is 65.6 Å². The lowest BCUT2D eigenvalue weighted by Gasteiger charge is -2.36. The van der Waals surface area contributed by atoms with Crippen molar-refractivity contribution in [1.29, 1.82) is 0 Å². The number of likely N-dealkylation sites (tertiary alicyclic amines) is 2. The van der Waals surface area contributed by atoms with Crippen LogP contribution in [0, 0.1) is 5.92 Å². The van der Waals surface area contributed by atoms with Crippen molar-refractivity contribution in [1.82, 2.24) is 52.3 Å². The number of nitrogens with one attached hydrogen (secondary N) is 8. The first-order chi connectivity index (χ1) is 43.3. The number of amides is 7. The molecule has 18 nitrogen and oxygen atoms in total. The standard InChI is InChI=1S/C71H94N10O8/c1-47(72-3)64(83)77-58(53-37-21-11-22-38-53)69(88)80-45-27-41-55(80)66(85)79-61(57(51-33-17-9-18-34-51)52-35-19-10-20-36-52)68(87)75-44-26-6-5-25-43-74-67(86)60(56(49-29-13-7-14-30-49)50-31-15-8-16-32-50)76-62-63(82)71(62)42-28-46-81(71)70(89)59(54-39-23-12-24-40-54)78-65(84)48(2)73-4/h7-10,13-20,29-36,47-48,54-57,59-62,72-73,76H,5-6,11-12,21-28,37-46H2,1-4H3,(H,74,86)(H,75,87)(H,77,83)(H,78,84)(H,79,85)/t47-,48-,55-,59-,60-,61-,62+,71+/m0/s1. The fourth-order valence-corrected chi connectivity index (χ4v) is 14.1. The third-order valence-corrected chi connectivity index (χ3v) is 19.4. The minimum Gasteiger partial charge on any atom is -0.355 e. The Morgan fingerprint density at radius 2 is 1.03 bits per heavy atom. The number of nitrogens with zero attached hydrogens (tertiary/aromatic N) is 2.